The normalized spacial score (nSPS) is 13.6. The maximum atomic E-state index is 12.2. The lowest BCUT2D eigenvalue weighted by Crippen LogP contribution is -2.24. The summed E-state index contributed by atoms with van der Waals surface area (Å²) in [6.45, 7) is 2.89. The zero-order valence-corrected chi connectivity index (χ0v) is 25.4. The number of rotatable bonds is 5. The zero-order valence-electron chi connectivity index (χ0n) is 24.7. The molecule has 0 atom stereocenters. The predicted octanol–water partition coefficient (Wildman–Crippen LogP) is 6.44. The molecule has 0 saturated heterocycles. The van der Waals surface area contributed by atoms with Gasteiger partial charge in [0.2, 0.25) is 0 Å². The highest BCUT2D eigenvalue weighted by molar-refractivity contribution is 6.17. The molecular formula is C34H28ClN9O2. The van der Waals surface area contributed by atoms with Crippen LogP contribution in [0.25, 0.3) is 55.3 Å². The number of aromatic nitrogens is 4. The number of carbonyl (C=O) groups excluding carboxylic acids is 2. The van der Waals surface area contributed by atoms with Crippen LogP contribution in [0.5, 0.6) is 0 Å². The van der Waals surface area contributed by atoms with Crippen LogP contribution in [0.1, 0.15) is 31.8 Å². The van der Waals surface area contributed by atoms with Crippen LogP contribution in [0.2, 0.25) is 0 Å². The number of benzene rings is 4. The molecule has 4 heterocycles. The SMILES string of the molecule is O=C1NCCn2c(-c3ccc(CCl)cc3)nc3cccc1c32.[N-]=[N+]=NCc1ccc(-c2nc3cccc4c3n2CCNC4=O)cc1. The van der Waals surface area contributed by atoms with E-state index in [0.717, 1.165) is 56.0 Å². The molecule has 0 unspecified atom stereocenters. The summed E-state index contributed by atoms with van der Waals surface area (Å²) in [5.74, 6) is 2.13. The quantitative estimate of drug-likeness (QED) is 0.0978. The van der Waals surface area contributed by atoms with Crippen molar-refractivity contribution < 1.29 is 9.59 Å². The maximum absolute atomic E-state index is 12.2. The molecular weight excluding hydrogens is 602 g/mol. The first-order chi connectivity index (χ1) is 22.6. The van der Waals surface area contributed by atoms with Gasteiger partial charge in [-0.1, -0.05) is 65.8 Å². The van der Waals surface area contributed by atoms with Crippen molar-refractivity contribution in [2.24, 2.45) is 5.11 Å². The third-order valence-electron chi connectivity index (χ3n) is 8.16. The van der Waals surface area contributed by atoms with E-state index in [4.69, 9.17) is 27.1 Å². The van der Waals surface area contributed by atoms with Gasteiger partial charge < -0.3 is 19.8 Å². The average molecular weight is 630 g/mol. The molecule has 4 aromatic carbocycles. The summed E-state index contributed by atoms with van der Waals surface area (Å²) in [4.78, 5) is 36.6. The van der Waals surface area contributed by atoms with E-state index in [1.54, 1.807) is 0 Å². The molecule has 46 heavy (non-hydrogen) atoms. The lowest BCUT2D eigenvalue weighted by atomic mass is 10.1. The second kappa shape index (κ2) is 12.4. The van der Waals surface area contributed by atoms with E-state index in [0.29, 0.717) is 49.7 Å². The van der Waals surface area contributed by atoms with Crippen LogP contribution in [0.3, 0.4) is 0 Å². The van der Waals surface area contributed by atoms with Gasteiger partial charge in [-0.15, -0.1) is 11.6 Å². The van der Waals surface area contributed by atoms with Crippen molar-refractivity contribution in [2.45, 2.75) is 25.5 Å². The van der Waals surface area contributed by atoms with Crippen molar-refractivity contribution in [3.63, 3.8) is 0 Å². The largest absolute Gasteiger partial charge is 0.350 e. The molecule has 0 fully saturated rings. The molecule has 2 N–H and O–H groups in total. The predicted molar refractivity (Wildman–Crippen MR) is 177 cm³/mol. The molecule has 8 rings (SSSR count). The molecule has 6 aromatic rings. The maximum Gasteiger partial charge on any atom is 0.253 e. The van der Waals surface area contributed by atoms with Crippen molar-refractivity contribution >= 4 is 45.5 Å². The van der Waals surface area contributed by atoms with E-state index in [-0.39, 0.29) is 11.8 Å². The fourth-order valence-electron chi connectivity index (χ4n) is 5.98. The lowest BCUT2D eigenvalue weighted by Gasteiger charge is -2.07. The molecule has 2 aromatic heterocycles. The Morgan fingerprint density at radius 2 is 1.20 bits per heavy atom. The van der Waals surface area contributed by atoms with E-state index in [9.17, 15) is 9.59 Å². The number of halogens is 1. The van der Waals surface area contributed by atoms with Gasteiger partial charge in [0, 0.05) is 48.1 Å². The van der Waals surface area contributed by atoms with Crippen molar-refractivity contribution in [1.82, 2.24) is 29.7 Å². The number of para-hydroxylation sites is 2. The Bertz CT molecular complexity index is 2160. The number of hydrogen-bond acceptors (Lipinski definition) is 5. The fraction of sp³-hybridized carbons (Fsp3) is 0.176. The lowest BCUT2D eigenvalue weighted by molar-refractivity contribution is 0.0948. The third-order valence-corrected chi connectivity index (χ3v) is 8.47. The van der Waals surface area contributed by atoms with E-state index in [1.807, 2.05) is 84.9 Å². The molecule has 0 saturated carbocycles. The first kappa shape index (κ1) is 29.1. The minimum Gasteiger partial charge on any atom is -0.350 e. The van der Waals surface area contributed by atoms with Crippen LogP contribution >= 0.6 is 11.6 Å². The topological polar surface area (TPSA) is 143 Å². The Labute approximate surface area is 268 Å². The molecule has 12 heteroatoms. The first-order valence-electron chi connectivity index (χ1n) is 14.9. The van der Waals surface area contributed by atoms with Gasteiger partial charge in [-0.25, -0.2) is 9.97 Å². The minimum absolute atomic E-state index is 0.0340. The highest BCUT2D eigenvalue weighted by atomic mass is 35.5. The summed E-state index contributed by atoms with van der Waals surface area (Å²) >= 11 is 5.85. The van der Waals surface area contributed by atoms with Gasteiger partial charge in [-0.3, -0.25) is 9.59 Å². The summed E-state index contributed by atoms with van der Waals surface area (Å²) in [7, 11) is 0. The Kier molecular flexibility index (Phi) is 7.84. The van der Waals surface area contributed by atoms with E-state index in [2.05, 4.69) is 29.8 Å². The van der Waals surface area contributed by atoms with Gasteiger partial charge in [0.1, 0.15) is 11.6 Å². The monoisotopic (exact) mass is 629 g/mol. The Morgan fingerprint density at radius 3 is 1.65 bits per heavy atom. The van der Waals surface area contributed by atoms with Crippen LogP contribution in [0, 0.1) is 0 Å². The molecule has 2 aliphatic rings. The number of azide groups is 1. The van der Waals surface area contributed by atoms with Gasteiger partial charge in [0.15, 0.2) is 0 Å². The molecule has 0 radical (unpaired) electrons. The molecule has 2 amide bonds. The minimum atomic E-state index is -0.0597. The zero-order chi connectivity index (χ0) is 31.6. The Hall–Kier alpha value is -5.64. The second-order valence-electron chi connectivity index (χ2n) is 10.9. The molecule has 0 bridgehead atoms. The number of carbonyl (C=O) groups is 2. The van der Waals surface area contributed by atoms with Crippen molar-refractivity contribution in [1.29, 1.82) is 0 Å². The highest BCUT2D eigenvalue weighted by Gasteiger charge is 2.23. The fourth-order valence-corrected chi connectivity index (χ4v) is 6.16. The van der Waals surface area contributed by atoms with Crippen LogP contribution in [-0.2, 0) is 25.5 Å². The van der Waals surface area contributed by atoms with Gasteiger partial charge in [-0.2, -0.15) is 0 Å². The summed E-state index contributed by atoms with van der Waals surface area (Å²) in [5, 5.41) is 9.41. The summed E-state index contributed by atoms with van der Waals surface area (Å²) in [6, 6.07) is 27.1. The number of nitrogens with one attached hydrogen (secondary N) is 2. The van der Waals surface area contributed by atoms with Crippen LogP contribution < -0.4 is 10.6 Å². The van der Waals surface area contributed by atoms with Crippen molar-refractivity contribution in [2.75, 3.05) is 13.1 Å². The third kappa shape index (κ3) is 5.32. The van der Waals surface area contributed by atoms with Gasteiger partial charge in [0.05, 0.1) is 39.7 Å². The highest BCUT2D eigenvalue weighted by Crippen LogP contribution is 2.30. The first-order valence-corrected chi connectivity index (χ1v) is 15.4. The molecule has 0 spiro atoms. The smallest absolute Gasteiger partial charge is 0.253 e. The number of amides is 2. The van der Waals surface area contributed by atoms with E-state index in [1.165, 1.54) is 0 Å². The number of hydrogen-bond donors (Lipinski definition) is 2. The number of alkyl halides is 1. The number of nitrogens with zero attached hydrogens (tertiary/aromatic N) is 7. The second-order valence-corrected chi connectivity index (χ2v) is 11.2. The molecule has 2 aliphatic heterocycles. The molecule has 0 aliphatic carbocycles. The number of imidazole rings is 2. The molecule has 11 nitrogen and oxygen atoms in total. The summed E-state index contributed by atoms with van der Waals surface area (Å²) in [5.41, 5.74) is 17.2. The van der Waals surface area contributed by atoms with Crippen molar-refractivity contribution in [3.8, 4) is 22.8 Å². The van der Waals surface area contributed by atoms with Crippen LogP contribution in [0.15, 0.2) is 90.0 Å². The van der Waals surface area contributed by atoms with Crippen LogP contribution in [0.4, 0.5) is 0 Å². The van der Waals surface area contributed by atoms with E-state index < -0.39 is 0 Å². The average Bonchev–Trinajstić information content (AvgIpc) is 3.54. The Morgan fingerprint density at radius 1 is 0.717 bits per heavy atom. The van der Waals surface area contributed by atoms with Crippen molar-refractivity contribution in [3.05, 3.63) is 118 Å². The van der Waals surface area contributed by atoms with Gasteiger partial charge >= 0.3 is 0 Å². The van der Waals surface area contributed by atoms with Gasteiger partial charge in [-0.05, 0) is 40.9 Å². The van der Waals surface area contributed by atoms with E-state index >= 15 is 0 Å². The van der Waals surface area contributed by atoms with Gasteiger partial charge in [0.25, 0.3) is 11.8 Å². The molecule has 228 valence electrons. The van der Waals surface area contributed by atoms with Crippen LogP contribution in [-0.4, -0.2) is 44.0 Å². The summed E-state index contributed by atoms with van der Waals surface area (Å²) < 4.78 is 4.21. The summed E-state index contributed by atoms with van der Waals surface area (Å²) in [6.07, 6.45) is 0. The standard InChI is InChI=1S/C17H14ClN3O.C17H14N6O/c18-10-11-4-6-12(7-5-11)16-20-14-3-1-2-13-15(14)21(16)9-8-19-17(13)22;18-22-20-10-11-4-6-12(7-5-11)16-21-14-3-1-2-13-15(14)23(16)9-8-19-17(13)24/h1-7H,8-10H2,(H,19,22);1-7H,8-10H2,(H,19,24). The Balaban J connectivity index is 0.000000147.